The summed E-state index contributed by atoms with van der Waals surface area (Å²) in [6, 6.07) is 0. The maximum atomic E-state index is 12.5. The number of aliphatic hydroxyl groups excluding tert-OH is 1. The minimum atomic E-state index is -0.597. The Morgan fingerprint density at radius 2 is 1.68 bits per heavy atom. The SMILES string of the molecule is C=C(C1CCCCO1)C1CCCCO1.CC(N)=O.CC[C@H](C)C(=O)O[C@H]1C[C@@H](C)C=C2C=C[C@H](C)[C@H](CC[C@H]3C[C@@H](O)CC(=O)O3)[C@H]21. The van der Waals surface area contributed by atoms with Crippen LogP contribution in [0.4, 0.5) is 0 Å². The van der Waals surface area contributed by atoms with E-state index in [1.807, 2.05) is 13.8 Å². The van der Waals surface area contributed by atoms with Gasteiger partial charge in [-0.1, -0.05) is 52.5 Å². The van der Waals surface area contributed by atoms with E-state index < -0.39 is 6.10 Å². The number of hydrogen-bond acceptors (Lipinski definition) is 8. The molecule has 10 atom stereocenters. The van der Waals surface area contributed by atoms with Crippen LogP contribution in [0.2, 0.25) is 0 Å². The van der Waals surface area contributed by atoms with Gasteiger partial charge in [0.15, 0.2) is 0 Å². The number of allylic oxidation sites excluding steroid dienone is 3. The molecule has 266 valence electrons. The van der Waals surface area contributed by atoms with Gasteiger partial charge in [-0.15, -0.1) is 0 Å². The van der Waals surface area contributed by atoms with Crippen molar-refractivity contribution in [3.63, 3.8) is 0 Å². The molecule has 3 saturated heterocycles. The fraction of sp³-hybridized carbons (Fsp3) is 0.763. The first kappa shape index (κ1) is 39.0. The number of hydrogen-bond donors (Lipinski definition) is 2. The van der Waals surface area contributed by atoms with Crippen molar-refractivity contribution in [2.75, 3.05) is 13.2 Å². The number of fused-ring (bicyclic) bond motifs is 1. The maximum absolute atomic E-state index is 12.5. The molecule has 3 aliphatic heterocycles. The highest BCUT2D eigenvalue weighted by molar-refractivity contribution is 5.72. The highest BCUT2D eigenvalue weighted by Gasteiger charge is 2.42. The Kier molecular flexibility index (Phi) is 16.2. The Hall–Kier alpha value is -2.49. The molecule has 3 fully saturated rings. The van der Waals surface area contributed by atoms with Gasteiger partial charge in [-0.2, -0.15) is 0 Å². The molecule has 9 nitrogen and oxygen atoms in total. The number of rotatable bonds is 8. The Morgan fingerprint density at radius 3 is 2.21 bits per heavy atom. The molecule has 5 aliphatic rings. The zero-order chi connectivity index (χ0) is 34.5. The second-order valence-corrected chi connectivity index (χ2v) is 14.3. The quantitative estimate of drug-likeness (QED) is 0.227. The maximum Gasteiger partial charge on any atom is 0.308 e. The normalized spacial score (nSPS) is 34.0. The molecule has 3 N–H and O–H groups in total. The first-order valence-electron chi connectivity index (χ1n) is 18.0. The van der Waals surface area contributed by atoms with Crippen LogP contribution in [-0.4, -0.2) is 66.7 Å². The van der Waals surface area contributed by atoms with Crippen molar-refractivity contribution in [3.8, 4) is 0 Å². The first-order chi connectivity index (χ1) is 22.4. The first-order valence-corrected chi connectivity index (χ1v) is 18.0. The Balaban J connectivity index is 0.000000275. The van der Waals surface area contributed by atoms with Crippen LogP contribution in [0.25, 0.3) is 0 Å². The van der Waals surface area contributed by atoms with Crippen LogP contribution >= 0.6 is 0 Å². The standard InChI is InChI=1S/C24H36O5.C12H20O2.C2H5NO/c1-5-15(3)24(27)29-21-11-14(2)10-17-7-6-16(4)20(23(17)21)9-8-19-12-18(25)13-22(26)28-19;1-10(11-6-2-4-8-13-11)12-7-3-5-9-14-12;1-2(3)4/h6-7,10,14-16,18-21,23,25H,5,8-9,11-13H2,1-4H3;11-12H,1-9H2;1H3,(H2,3,4)/t14-,15-,16-,18+,19-,20-,21-,23-;;/m0../s1. The van der Waals surface area contributed by atoms with Gasteiger partial charge in [0.2, 0.25) is 5.91 Å². The van der Waals surface area contributed by atoms with E-state index in [-0.39, 0.29) is 60.5 Å². The third kappa shape index (κ3) is 12.5. The van der Waals surface area contributed by atoms with Crippen molar-refractivity contribution in [2.45, 2.75) is 142 Å². The summed E-state index contributed by atoms with van der Waals surface area (Å²) in [5, 5.41) is 9.89. The molecule has 5 rings (SSSR count). The van der Waals surface area contributed by atoms with E-state index in [1.165, 1.54) is 43.8 Å². The molecule has 9 heteroatoms. The molecule has 0 saturated carbocycles. The van der Waals surface area contributed by atoms with Crippen LogP contribution in [0.3, 0.4) is 0 Å². The lowest BCUT2D eigenvalue weighted by atomic mass is 9.65. The van der Waals surface area contributed by atoms with Crippen molar-refractivity contribution in [1.82, 2.24) is 0 Å². The summed E-state index contributed by atoms with van der Waals surface area (Å²) in [6.07, 6.45) is 17.5. The van der Waals surface area contributed by atoms with Crippen molar-refractivity contribution in [2.24, 2.45) is 35.3 Å². The highest BCUT2D eigenvalue weighted by Crippen LogP contribution is 2.45. The van der Waals surface area contributed by atoms with Gasteiger partial charge in [-0.25, -0.2) is 0 Å². The smallest absolute Gasteiger partial charge is 0.308 e. The van der Waals surface area contributed by atoms with Crippen molar-refractivity contribution >= 4 is 17.8 Å². The predicted molar refractivity (Wildman–Crippen MR) is 182 cm³/mol. The van der Waals surface area contributed by atoms with E-state index in [1.54, 1.807) is 0 Å². The van der Waals surface area contributed by atoms with Gasteiger partial charge in [0.25, 0.3) is 0 Å². The van der Waals surface area contributed by atoms with Crippen LogP contribution in [0.15, 0.2) is 36.0 Å². The van der Waals surface area contributed by atoms with Gasteiger partial charge in [0.05, 0.1) is 30.7 Å². The van der Waals surface area contributed by atoms with Gasteiger partial charge in [0.1, 0.15) is 12.2 Å². The molecular weight excluding hydrogens is 598 g/mol. The monoisotopic (exact) mass is 659 g/mol. The molecular formula is C38H61NO8. The summed E-state index contributed by atoms with van der Waals surface area (Å²) in [5.41, 5.74) is 6.93. The molecule has 2 unspecified atom stereocenters. The van der Waals surface area contributed by atoms with Gasteiger partial charge < -0.3 is 29.8 Å². The molecule has 0 aromatic rings. The fourth-order valence-corrected chi connectivity index (χ4v) is 7.34. The van der Waals surface area contributed by atoms with E-state index in [4.69, 9.17) is 18.9 Å². The topological polar surface area (TPSA) is 134 Å². The zero-order valence-electron chi connectivity index (χ0n) is 29.5. The van der Waals surface area contributed by atoms with Crippen LogP contribution in [0.1, 0.15) is 112 Å². The second kappa shape index (κ2) is 19.5. The van der Waals surface area contributed by atoms with Gasteiger partial charge in [-0.3, -0.25) is 14.4 Å². The van der Waals surface area contributed by atoms with E-state index in [2.05, 4.69) is 44.4 Å². The van der Waals surface area contributed by atoms with Crippen molar-refractivity contribution in [3.05, 3.63) is 36.0 Å². The average Bonchev–Trinajstić information content (AvgIpc) is 3.04. The van der Waals surface area contributed by atoms with E-state index in [9.17, 15) is 19.5 Å². The summed E-state index contributed by atoms with van der Waals surface area (Å²) in [4.78, 5) is 33.4. The Morgan fingerprint density at radius 1 is 1.06 bits per heavy atom. The summed E-state index contributed by atoms with van der Waals surface area (Å²) in [5.74, 6) is 0.421. The Labute approximate surface area is 282 Å². The number of nitrogens with two attached hydrogens (primary N) is 1. The molecule has 1 amide bonds. The average molecular weight is 660 g/mol. The number of aliphatic hydroxyl groups is 1. The van der Waals surface area contributed by atoms with Crippen LogP contribution in [-0.2, 0) is 33.3 Å². The molecule has 0 bridgehead atoms. The summed E-state index contributed by atoms with van der Waals surface area (Å²) in [7, 11) is 0. The van der Waals surface area contributed by atoms with Crippen molar-refractivity contribution in [1.29, 1.82) is 0 Å². The third-order valence-corrected chi connectivity index (χ3v) is 10.1. The largest absolute Gasteiger partial charge is 0.462 e. The lowest BCUT2D eigenvalue weighted by molar-refractivity contribution is -0.162. The Bertz CT molecular complexity index is 1070. The number of carbonyl (C=O) groups is 3. The molecule has 47 heavy (non-hydrogen) atoms. The zero-order valence-corrected chi connectivity index (χ0v) is 29.5. The van der Waals surface area contributed by atoms with Crippen molar-refractivity contribution < 1.29 is 38.4 Å². The highest BCUT2D eigenvalue weighted by atomic mass is 16.6. The molecule has 2 aliphatic carbocycles. The molecule has 0 aromatic carbocycles. The van der Waals surface area contributed by atoms with E-state index in [0.29, 0.717) is 24.2 Å². The lowest BCUT2D eigenvalue weighted by Crippen LogP contribution is -2.42. The fourth-order valence-electron chi connectivity index (χ4n) is 7.34. The number of ether oxygens (including phenoxy) is 4. The van der Waals surface area contributed by atoms with E-state index >= 15 is 0 Å². The van der Waals surface area contributed by atoms with Crippen LogP contribution < -0.4 is 5.73 Å². The van der Waals surface area contributed by atoms with Crippen LogP contribution in [0, 0.1) is 29.6 Å². The predicted octanol–water partition coefficient (Wildman–Crippen LogP) is 6.37. The number of amides is 1. The number of carbonyl (C=O) groups excluding carboxylic acids is 3. The summed E-state index contributed by atoms with van der Waals surface area (Å²) in [6.45, 7) is 15.6. The number of esters is 2. The summed E-state index contributed by atoms with van der Waals surface area (Å²) >= 11 is 0. The minimum Gasteiger partial charge on any atom is -0.462 e. The molecule has 0 radical (unpaired) electrons. The lowest BCUT2D eigenvalue weighted by Gasteiger charge is -2.43. The third-order valence-electron chi connectivity index (χ3n) is 10.1. The van der Waals surface area contributed by atoms with Gasteiger partial charge in [-0.05, 0) is 93.1 Å². The second-order valence-electron chi connectivity index (χ2n) is 14.3. The summed E-state index contributed by atoms with van der Waals surface area (Å²) < 4.78 is 22.9. The number of cyclic esters (lactones) is 1. The van der Waals surface area contributed by atoms with E-state index in [0.717, 1.165) is 51.7 Å². The van der Waals surface area contributed by atoms with Gasteiger partial charge >= 0.3 is 11.9 Å². The molecule has 0 aromatic heterocycles. The number of primary amides is 1. The van der Waals surface area contributed by atoms with Gasteiger partial charge in [0, 0.05) is 32.5 Å². The molecule has 0 spiro atoms. The minimum absolute atomic E-state index is 0.0854. The van der Waals surface area contributed by atoms with Crippen LogP contribution in [0.5, 0.6) is 0 Å². The molecule has 3 heterocycles.